The van der Waals surface area contributed by atoms with Crippen molar-refractivity contribution < 1.29 is 0 Å². The van der Waals surface area contributed by atoms with E-state index in [1.54, 1.807) is 0 Å². The zero-order valence-electron chi connectivity index (χ0n) is 9.19. The summed E-state index contributed by atoms with van der Waals surface area (Å²) in [5.41, 5.74) is 1.32. The minimum absolute atomic E-state index is 0.480. The molecular formula is C11H18N4. The lowest BCUT2D eigenvalue weighted by Gasteiger charge is -2.35. The Kier molecular flexibility index (Phi) is 2.25. The maximum atomic E-state index is 4.24. The van der Waals surface area contributed by atoms with Crippen molar-refractivity contribution in [3.63, 3.8) is 0 Å². The second kappa shape index (κ2) is 3.61. The molecule has 0 amide bonds. The summed E-state index contributed by atoms with van der Waals surface area (Å²) >= 11 is 0. The van der Waals surface area contributed by atoms with Crippen LogP contribution in [0.1, 0.15) is 24.4 Å². The SMILES string of the molecule is Cn1cc(C2CN3CCCC3CN2)cn1. The van der Waals surface area contributed by atoms with Gasteiger partial charge in [-0.2, -0.15) is 5.10 Å². The largest absolute Gasteiger partial charge is 0.307 e. The third kappa shape index (κ3) is 1.68. The molecule has 2 saturated heterocycles. The van der Waals surface area contributed by atoms with E-state index in [0.717, 1.165) is 19.1 Å². The Bertz CT molecular complexity index is 346. The number of hydrogen-bond donors (Lipinski definition) is 1. The quantitative estimate of drug-likeness (QED) is 0.727. The van der Waals surface area contributed by atoms with E-state index in [1.165, 1.54) is 24.9 Å². The van der Waals surface area contributed by atoms with Gasteiger partial charge < -0.3 is 5.32 Å². The maximum Gasteiger partial charge on any atom is 0.0538 e. The zero-order valence-corrected chi connectivity index (χ0v) is 9.19. The van der Waals surface area contributed by atoms with E-state index < -0.39 is 0 Å². The van der Waals surface area contributed by atoms with E-state index in [0.29, 0.717) is 6.04 Å². The molecule has 1 aromatic heterocycles. The number of rotatable bonds is 1. The van der Waals surface area contributed by atoms with Gasteiger partial charge in [-0.05, 0) is 19.4 Å². The van der Waals surface area contributed by atoms with Gasteiger partial charge in [-0.25, -0.2) is 0 Å². The highest BCUT2D eigenvalue weighted by atomic mass is 15.3. The molecule has 3 rings (SSSR count). The molecule has 2 unspecified atom stereocenters. The molecule has 0 saturated carbocycles. The fourth-order valence-electron chi connectivity index (χ4n) is 2.79. The van der Waals surface area contributed by atoms with Crippen molar-refractivity contribution in [2.45, 2.75) is 24.9 Å². The van der Waals surface area contributed by atoms with Crippen LogP contribution in [0.4, 0.5) is 0 Å². The summed E-state index contributed by atoms with van der Waals surface area (Å²) in [6.07, 6.45) is 6.83. The molecule has 4 nitrogen and oxygen atoms in total. The fraction of sp³-hybridized carbons (Fsp3) is 0.727. The van der Waals surface area contributed by atoms with Crippen LogP contribution in [0.3, 0.4) is 0 Å². The maximum absolute atomic E-state index is 4.24. The Morgan fingerprint density at radius 3 is 3.27 bits per heavy atom. The van der Waals surface area contributed by atoms with Gasteiger partial charge >= 0.3 is 0 Å². The molecule has 3 heterocycles. The van der Waals surface area contributed by atoms with Gasteiger partial charge in [0.05, 0.1) is 6.20 Å². The number of nitrogens with one attached hydrogen (secondary N) is 1. The zero-order chi connectivity index (χ0) is 10.3. The third-order valence-corrected chi connectivity index (χ3v) is 3.64. The molecule has 2 atom stereocenters. The molecule has 2 aliphatic rings. The summed E-state index contributed by atoms with van der Waals surface area (Å²) in [6, 6.07) is 1.27. The van der Waals surface area contributed by atoms with Crippen molar-refractivity contribution >= 4 is 0 Å². The van der Waals surface area contributed by atoms with E-state index in [1.807, 2.05) is 17.9 Å². The average Bonchev–Trinajstić information content (AvgIpc) is 2.84. The van der Waals surface area contributed by atoms with E-state index in [4.69, 9.17) is 0 Å². The first-order valence-corrected chi connectivity index (χ1v) is 5.79. The summed E-state index contributed by atoms with van der Waals surface area (Å²) in [4.78, 5) is 2.62. The lowest BCUT2D eigenvalue weighted by molar-refractivity contribution is 0.174. The predicted molar refractivity (Wildman–Crippen MR) is 58.5 cm³/mol. The summed E-state index contributed by atoms with van der Waals surface area (Å²) in [5, 5.41) is 7.86. The molecule has 0 spiro atoms. The Morgan fingerprint density at radius 1 is 1.53 bits per heavy atom. The van der Waals surface area contributed by atoms with Crippen molar-refractivity contribution in [2.24, 2.45) is 7.05 Å². The topological polar surface area (TPSA) is 33.1 Å². The van der Waals surface area contributed by atoms with Gasteiger partial charge in [0.1, 0.15) is 0 Å². The Hall–Kier alpha value is -0.870. The van der Waals surface area contributed by atoms with Gasteiger partial charge in [0.25, 0.3) is 0 Å². The van der Waals surface area contributed by atoms with Crippen LogP contribution in [0.2, 0.25) is 0 Å². The lowest BCUT2D eigenvalue weighted by atomic mass is 10.1. The van der Waals surface area contributed by atoms with Crippen LogP contribution < -0.4 is 5.32 Å². The van der Waals surface area contributed by atoms with Gasteiger partial charge in [-0.1, -0.05) is 0 Å². The Labute approximate surface area is 90.3 Å². The number of nitrogens with zero attached hydrogens (tertiary/aromatic N) is 3. The highest BCUT2D eigenvalue weighted by Crippen LogP contribution is 2.25. The summed E-state index contributed by atoms with van der Waals surface area (Å²) in [6.45, 7) is 3.57. The number of hydrogen-bond acceptors (Lipinski definition) is 3. The van der Waals surface area contributed by atoms with Crippen LogP contribution in [0.15, 0.2) is 12.4 Å². The number of aromatic nitrogens is 2. The van der Waals surface area contributed by atoms with Crippen LogP contribution in [0, 0.1) is 0 Å². The molecular weight excluding hydrogens is 188 g/mol. The van der Waals surface area contributed by atoms with Crippen molar-refractivity contribution in [3.8, 4) is 0 Å². The molecule has 0 radical (unpaired) electrons. The molecule has 2 fully saturated rings. The van der Waals surface area contributed by atoms with Gasteiger partial charge in [-0.15, -0.1) is 0 Å². The highest BCUT2D eigenvalue weighted by molar-refractivity contribution is 5.12. The average molecular weight is 206 g/mol. The van der Waals surface area contributed by atoms with Gasteiger partial charge in [0, 0.05) is 44.0 Å². The molecule has 0 aromatic carbocycles. The van der Waals surface area contributed by atoms with Crippen molar-refractivity contribution in [2.75, 3.05) is 19.6 Å². The standard InChI is InChI=1S/C11H18N4/c1-14-7-9(5-13-14)11-8-15-4-2-3-10(15)6-12-11/h5,7,10-12H,2-4,6,8H2,1H3. The number of aryl methyl sites for hydroxylation is 1. The second-order valence-corrected chi connectivity index (χ2v) is 4.70. The van der Waals surface area contributed by atoms with Crippen LogP contribution >= 0.6 is 0 Å². The van der Waals surface area contributed by atoms with E-state index in [2.05, 4.69) is 21.5 Å². The predicted octanol–water partition coefficient (Wildman–Crippen LogP) is 0.529. The van der Waals surface area contributed by atoms with E-state index in [-0.39, 0.29) is 0 Å². The second-order valence-electron chi connectivity index (χ2n) is 4.70. The van der Waals surface area contributed by atoms with Gasteiger partial charge in [0.2, 0.25) is 0 Å². The first kappa shape index (κ1) is 9.36. The number of fused-ring (bicyclic) bond motifs is 1. The van der Waals surface area contributed by atoms with Crippen LogP contribution in [-0.2, 0) is 7.05 Å². The highest BCUT2D eigenvalue weighted by Gasteiger charge is 2.31. The van der Waals surface area contributed by atoms with Crippen molar-refractivity contribution in [3.05, 3.63) is 18.0 Å². The molecule has 0 aliphatic carbocycles. The first-order chi connectivity index (χ1) is 7.33. The van der Waals surface area contributed by atoms with Crippen molar-refractivity contribution in [1.29, 1.82) is 0 Å². The Balaban J connectivity index is 1.73. The minimum atomic E-state index is 0.480. The van der Waals surface area contributed by atoms with Crippen LogP contribution in [0.5, 0.6) is 0 Å². The lowest BCUT2D eigenvalue weighted by Crippen LogP contribution is -2.49. The van der Waals surface area contributed by atoms with Crippen LogP contribution in [0.25, 0.3) is 0 Å². The summed E-state index contributed by atoms with van der Waals surface area (Å²) < 4.78 is 1.88. The van der Waals surface area contributed by atoms with Gasteiger partial charge in [-0.3, -0.25) is 9.58 Å². The van der Waals surface area contributed by atoms with E-state index in [9.17, 15) is 0 Å². The molecule has 2 aliphatic heterocycles. The first-order valence-electron chi connectivity index (χ1n) is 5.79. The molecule has 82 valence electrons. The van der Waals surface area contributed by atoms with Crippen LogP contribution in [-0.4, -0.2) is 40.4 Å². The molecule has 1 aromatic rings. The third-order valence-electron chi connectivity index (χ3n) is 3.64. The smallest absolute Gasteiger partial charge is 0.0538 e. The molecule has 15 heavy (non-hydrogen) atoms. The number of piperazine rings is 1. The van der Waals surface area contributed by atoms with E-state index >= 15 is 0 Å². The molecule has 4 heteroatoms. The Morgan fingerprint density at radius 2 is 2.47 bits per heavy atom. The molecule has 1 N–H and O–H groups in total. The summed E-state index contributed by atoms with van der Waals surface area (Å²) in [5.74, 6) is 0. The molecule has 0 bridgehead atoms. The minimum Gasteiger partial charge on any atom is -0.307 e. The summed E-state index contributed by atoms with van der Waals surface area (Å²) in [7, 11) is 1.98. The monoisotopic (exact) mass is 206 g/mol. The van der Waals surface area contributed by atoms with Gasteiger partial charge in [0.15, 0.2) is 0 Å². The fourth-order valence-corrected chi connectivity index (χ4v) is 2.79. The van der Waals surface area contributed by atoms with Crippen molar-refractivity contribution in [1.82, 2.24) is 20.0 Å². The normalized spacial score (nSPS) is 31.8.